The molecule has 0 radical (unpaired) electrons. The molecule has 9 heteroatoms. The first-order valence-corrected chi connectivity index (χ1v) is 15.4. The van der Waals surface area contributed by atoms with Gasteiger partial charge in [0.15, 0.2) is 0 Å². The van der Waals surface area contributed by atoms with E-state index in [4.69, 9.17) is 0 Å². The van der Waals surface area contributed by atoms with Gasteiger partial charge in [-0.2, -0.15) is 0 Å². The molecule has 0 aromatic heterocycles. The molecule has 40 heavy (non-hydrogen) atoms. The van der Waals surface area contributed by atoms with E-state index in [0.29, 0.717) is 24.2 Å². The van der Waals surface area contributed by atoms with E-state index in [0.717, 1.165) is 24.7 Å². The summed E-state index contributed by atoms with van der Waals surface area (Å²) in [6.45, 7) is 2.77. The Hall–Kier alpha value is -3.72. The third-order valence-electron chi connectivity index (χ3n) is 6.56. The molecule has 0 saturated carbocycles. The van der Waals surface area contributed by atoms with Gasteiger partial charge in [0.2, 0.25) is 21.8 Å². The van der Waals surface area contributed by atoms with Crippen LogP contribution in [0.1, 0.15) is 43.7 Å². The summed E-state index contributed by atoms with van der Waals surface area (Å²) in [5.74, 6) is -0.922. The molecule has 2 amide bonds. The van der Waals surface area contributed by atoms with Crippen LogP contribution in [-0.2, 0) is 32.6 Å². The zero-order chi connectivity index (χ0) is 29.0. The number of hydrogen-bond acceptors (Lipinski definition) is 4. The van der Waals surface area contributed by atoms with Crippen molar-refractivity contribution in [1.82, 2.24) is 10.2 Å². The van der Waals surface area contributed by atoms with Crippen molar-refractivity contribution in [3.8, 4) is 0 Å². The third kappa shape index (κ3) is 9.48. The number of benzene rings is 3. The molecular weight excluding hydrogens is 529 g/mol. The number of nitrogens with zero attached hydrogens (tertiary/aromatic N) is 2. The minimum Gasteiger partial charge on any atom is -0.354 e. The molecule has 3 aromatic rings. The molecule has 0 aliphatic heterocycles. The molecule has 3 aromatic carbocycles. The number of amides is 2. The van der Waals surface area contributed by atoms with E-state index in [2.05, 4.69) is 5.32 Å². The highest BCUT2D eigenvalue weighted by Crippen LogP contribution is 2.20. The third-order valence-corrected chi connectivity index (χ3v) is 7.76. The minimum atomic E-state index is -3.56. The van der Waals surface area contributed by atoms with E-state index in [1.54, 1.807) is 42.5 Å². The van der Waals surface area contributed by atoms with Crippen molar-refractivity contribution in [2.75, 3.05) is 23.7 Å². The summed E-state index contributed by atoms with van der Waals surface area (Å²) in [7, 11) is -3.56. The first-order chi connectivity index (χ1) is 19.2. The largest absolute Gasteiger partial charge is 0.354 e. The Morgan fingerprint density at radius 3 is 2.10 bits per heavy atom. The first-order valence-electron chi connectivity index (χ1n) is 13.6. The van der Waals surface area contributed by atoms with Crippen molar-refractivity contribution in [1.29, 1.82) is 0 Å². The predicted molar refractivity (Wildman–Crippen MR) is 157 cm³/mol. The lowest BCUT2D eigenvalue weighted by Crippen LogP contribution is -2.50. The second-order valence-electron chi connectivity index (χ2n) is 9.77. The molecule has 0 bridgehead atoms. The summed E-state index contributed by atoms with van der Waals surface area (Å²) in [6.07, 6.45) is 3.48. The van der Waals surface area contributed by atoms with Crippen molar-refractivity contribution in [2.24, 2.45) is 0 Å². The number of carbonyl (C=O) groups excluding carboxylic acids is 2. The van der Waals surface area contributed by atoms with Gasteiger partial charge in [-0.15, -0.1) is 0 Å². The number of hydrogen-bond donors (Lipinski definition) is 1. The predicted octanol–water partition coefficient (Wildman–Crippen LogP) is 4.93. The number of sulfonamides is 1. The second kappa shape index (κ2) is 15.2. The Kier molecular flexibility index (Phi) is 11.7. The summed E-state index contributed by atoms with van der Waals surface area (Å²) in [5.41, 5.74) is 2.12. The van der Waals surface area contributed by atoms with Crippen molar-refractivity contribution in [3.63, 3.8) is 0 Å². The zero-order valence-corrected chi connectivity index (χ0v) is 23.9. The monoisotopic (exact) mass is 567 g/mol. The van der Waals surface area contributed by atoms with Gasteiger partial charge in [0.05, 0.1) is 11.9 Å². The molecule has 0 spiro atoms. The molecule has 1 atom stereocenters. The molecule has 214 valence electrons. The van der Waals surface area contributed by atoms with Gasteiger partial charge in [0.1, 0.15) is 11.9 Å². The van der Waals surface area contributed by atoms with Crippen molar-refractivity contribution < 1.29 is 22.4 Å². The standard InChI is InChI=1S/C31H38FN3O4S/c1-3-4-21-33-31(37)29(23-25-12-7-5-8-13-25)34(24-26-17-19-27(32)20-18-26)30(36)16-11-22-35(40(2,38)39)28-14-9-6-10-15-28/h5-10,12-15,17-20,29H,3-4,11,16,21-24H2,1-2H3,(H,33,37)/t29-/m0/s1. The number of carbonyl (C=O) groups is 2. The highest BCUT2D eigenvalue weighted by Gasteiger charge is 2.30. The van der Waals surface area contributed by atoms with E-state index >= 15 is 0 Å². The molecule has 1 N–H and O–H groups in total. The molecule has 0 saturated heterocycles. The van der Waals surface area contributed by atoms with Crippen LogP contribution in [0.15, 0.2) is 84.9 Å². The number of halogens is 1. The number of rotatable bonds is 15. The van der Waals surface area contributed by atoms with E-state index < -0.39 is 16.1 Å². The van der Waals surface area contributed by atoms with Crippen molar-refractivity contribution in [3.05, 3.63) is 102 Å². The lowest BCUT2D eigenvalue weighted by molar-refractivity contribution is -0.141. The number of para-hydroxylation sites is 1. The van der Waals surface area contributed by atoms with Crippen LogP contribution in [0.5, 0.6) is 0 Å². The fraction of sp³-hybridized carbons (Fsp3) is 0.355. The van der Waals surface area contributed by atoms with Crippen LogP contribution >= 0.6 is 0 Å². The quantitative estimate of drug-likeness (QED) is 0.264. The Bertz CT molecular complexity index is 1320. The average molecular weight is 568 g/mol. The van der Waals surface area contributed by atoms with Gasteiger partial charge in [0, 0.05) is 32.5 Å². The second-order valence-corrected chi connectivity index (χ2v) is 11.7. The van der Waals surface area contributed by atoms with E-state index in [1.807, 2.05) is 37.3 Å². The highest BCUT2D eigenvalue weighted by atomic mass is 32.2. The lowest BCUT2D eigenvalue weighted by Gasteiger charge is -2.32. The lowest BCUT2D eigenvalue weighted by atomic mass is 10.0. The van der Waals surface area contributed by atoms with Gasteiger partial charge in [-0.3, -0.25) is 13.9 Å². The van der Waals surface area contributed by atoms with Crippen LogP contribution in [0.4, 0.5) is 10.1 Å². The molecule has 3 rings (SSSR count). The minimum absolute atomic E-state index is 0.0353. The Morgan fingerprint density at radius 1 is 0.875 bits per heavy atom. The molecule has 7 nitrogen and oxygen atoms in total. The van der Waals surface area contributed by atoms with Crippen LogP contribution in [0, 0.1) is 5.82 Å². The topological polar surface area (TPSA) is 86.8 Å². The number of unbranched alkanes of at least 4 members (excludes halogenated alkanes) is 1. The zero-order valence-electron chi connectivity index (χ0n) is 23.1. The smallest absolute Gasteiger partial charge is 0.243 e. The fourth-order valence-corrected chi connectivity index (χ4v) is 5.41. The summed E-state index contributed by atoms with van der Waals surface area (Å²) >= 11 is 0. The van der Waals surface area contributed by atoms with Gasteiger partial charge in [-0.05, 0) is 48.2 Å². The van der Waals surface area contributed by atoms with Crippen LogP contribution in [-0.4, -0.2) is 50.5 Å². The van der Waals surface area contributed by atoms with Gasteiger partial charge in [0.25, 0.3) is 0 Å². The molecule has 0 aliphatic carbocycles. The SMILES string of the molecule is CCCCNC(=O)[C@H](Cc1ccccc1)N(Cc1ccc(F)cc1)C(=O)CCCN(c1ccccc1)S(C)(=O)=O. The number of anilines is 1. The molecule has 0 aliphatic rings. The maximum absolute atomic E-state index is 13.8. The first kappa shape index (κ1) is 30.8. The Balaban J connectivity index is 1.85. The van der Waals surface area contributed by atoms with E-state index in [1.165, 1.54) is 21.3 Å². The van der Waals surface area contributed by atoms with E-state index in [-0.39, 0.29) is 43.6 Å². The molecule has 0 unspecified atom stereocenters. The van der Waals surface area contributed by atoms with Crippen molar-refractivity contribution >= 4 is 27.5 Å². The van der Waals surface area contributed by atoms with Crippen molar-refractivity contribution in [2.45, 2.75) is 51.6 Å². The maximum atomic E-state index is 13.8. The molecule has 0 fully saturated rings. The molecular formula is C31H38FN3O4S. The fourth-order valence-electron chi connectivity index (χ4n) is 4.44. The normalized spacial score (nSPS) is 12.0. The van der Waals surface area contributed by atoms with Crippen LogP contribution in [0.25, 0.3) is 0 Å². The van der Waals surface area contributed by atoms with Gasteiger partial charge < -0.3 is 10.2 Å². The van der Waals surface area contributed by atoms with Crippen LogP contribution in [0.3, 0.4) is 0 Å². The van der Waals surface area contributed by atoms with Crippen LogP contribution < -0.4 is 9.62 Å². The van der Waals surface area contributed by atoms with Gasteiger partial charge in [-0.25, -0.2) is 12.8 Å². The summed E-state index contributed by atoms with van der Waals surface area (Å²) < 4.78 is 39.9. The Morgan fingerprint density at radius 2 is 1.50 bits per heavy atom. The number of nitrogens with one attached hydrogen (secondary N) is 1. The molecule has 0 heterocycles. The Labute approximate surface area is 237 Å². The summed E-state index contributed by atoms with van der Waals surface area (Å²) in [4.78, 5) is 28.7. The summed E-state index contributed by atoms with van der Waals surface area (Å²) in [6, 6.07) is 23.3. The maximum Gasteiger partial charge on any atom is 0.243 e. The summed E-state index contributed by atoms with van der Waals surface area (Å²) in [5, 5.41) is 2.97. The van der Waals surface area contributed by atoms with Gasteiger partial charge in [-0.1, -0.05) is 74.0 Å². The average Bonchev–Trinajstić information content (AvgIpc) is 2.94. The highest BCUT2D eigenvalue weighted by molar-refractivity contribution is 7.92. The van der Waals surface area contributed by atoms with E-state index in [9.17, 15) is 22.4 Å². The van der Waals surface area contributed by atoms with Gasteiger partial charge >= 0.3 is 0 Å². The van der Waals surface area contributed by atoms with Crippen LogP contribution in [0.2, 0.25) is 0 Å².